The molecular weight excluding hydrogens is 370 g/mol. The number of rotatable bonds is 6. The molecule has 1 aromatic carbocycles. The first-order valence-electron chi connectivity index (χ1n) is 7.96. The third-order valence-corrected chi connectivity index (χ3v) is 3.72. The van der Waals surface area contributed by atoms with Gasteiger partial charge in [-0.1, -0.05) is 0 Å². The van der Waals surface area contributed by atoms with Crippen LogP contribution in [0.25, 0.3) is 11.3 Å². The molecule has 146 valence electrons. The number of methoxy groups -OCH3 is 1. The summed E-state index contributed by atoms with van der Waals surface area (Å²) in [6, 6.07) is 2.95. The molecule has 10 heteroatoms. The van der Waals surface area contributed by atoms with E-state index in [1.165, 1.54) is 7.11 Å². The zero-order valence-corrected chi connectivity index (χ0v) is 14.6. The Hall–Kier alpha value is -2.91. The Kier molecular flexibility index (Phi) is 6.19. The lowest BCUT2D eigenvalue weighted by Crippen LogP contribution is -2.26. The Morgan fingerprint density at radius 3 is 2.56 bits per heavy atom. The van der Waals surface area contributed by atoms with Gasteiger partial charge in [0.05, 0.1) is 25.4 Å². The van der Waals surface area contributed by atoms with Gasteiger partial charge in [-0.05, 0) is 25.1 Å². The van der Waals surface area contributed by atoms with Crippen LogP contribution in [-0.2, 0) is 22.3 Å². The molecule has 6 nitrogen and oxygen atoms in total. The molecule has 0 aliphatic rings. The lowest BCUT2D eigenvalue weighted by Gasteiger charge is -2.12. The summed E-state index contributed by atoms with van der Waals surface area (Å²) in [6.07, 6.45) is -4.11. The Morgan fingerprint density at radius 2 is 1.96 bits per heavy atom. The van der Waals surface area contributed by atoms with Crippen molar-refractivity contribution in [2.75, 3.05) is 13.7 Å². The molecule has 0 aliphatic carbocycles. The minimum atomic E-state index is -4.68. The fourth-order valence-corrected chi connectivity index (χ4v) is 2.48. The van der Waals surface area contributed by atoms with Crippen molar-refractivity contribution in [3.8, 4) is 11.3 Å². The second-order valence-corrected chi connectivity index (χ2v) is 5.53. The number of aromatic nitrogens is 2. The number of halogens is 4. The summed E-state index contributed by atoms with van der Waals surface area (Å²) < 4.78 is 59.2. The van der Waals surface area contributed by atoms with E-state index in [0.29, 0.717) is 6.20 Å². The van der Waals surface area contributed by atoms with Gasteiger partial charge < -0.3 is 10.1 Å². The topological polar surface area (TPSA) is 73.2 Å². The van der Waals surface area contributed by atoms with Crippen LogP contribution in [0, 0.1) is 5.82 Å². The Morgan fingerprint density at radius 1 is 1.26 bits per heavy atom. The van der Waals surface area contributed by atoms with Gasteiger partial charge in [-0.15, -0.1) is 0 Å². The van der Waals surface area contributed by atoms with Gasteiger partial charge in [-0.2, -0.15) is 18.3 Å². The predicted molar refractivity (Wildman–Crippen MR) is 87.3 cm³/mol. The van der Waals surface area contributed by atoms with E-state index in [1.807, 2.05) is 0 Å². The highest BCUT2D eigenvalue weighted by Gasteiger charge is 2.36. The molecule has 0 spiro atoms. The summed E-state index contributed by atoms with van der Waals surface area (Å²) >= 11 is 0. The molecule has 1 heterocycles. The average molecular weight is 387 g/mol. The van der Waals surface area contributed by atoms with E-state index in [1.54, 1.807) is 6.92 Å². The van der Waals surface area contributed by atoms with E-state index in [0.717, 1.165) is 22.9 Å². The maximum absolute atomic E-state index is 14.0. The van der Waals surface area contributed by atoms with Crippen molar-refractivity contribution in [1.29, 1.82) is 0 Å². The molecule has 1 N–H and O–H groups in total. The highest BCUT2D eigenvalue weighted by atomic mass is 19.4. The minimum Gasteiger partial charge on any atom is -0.469 e. The van der Waals surface area contributed by atoms with Crippen molar-refractivity contribution >= 4 is 11.9 Å². The van der Waals surface area contributed by atoms with Gasteiger partial charge in [0, 0.05) is 24.2 Å². The molecule has 2 rings (SSSR count). The van der Waals surface area contributed by atoms with Crippen molar-refractivity contribution in [2.45, 2.75) is 26.1 Å². The van der Waals surface area contributed by atoms with Crippen molar-refractivity contribution in [2.24, 2.45) is 0 Å². The highest BCUT2D eigenvalue weighted by molar-refractivity contribution is 5.95. The number of carbonyl (C=O) groups is 2. The maximum atomic E-state index is 14.0. The fourth-order valence-electron chi connectivity index (χ4n) is 2.48. The van der Waals surface area contributed by atoms with Gasteiger partial charge in [-0.25, -0.2) is 4.39 Å². The van der Waals surface area contributed by atoms with Crippen LogP contribution in [0.1, 0.15) is 29.3 Å². The van der Waals surface area contributed by atoms with Crippen LogP contribution >= 0.6 is 0 Å². The van der Waals surface area contributed by atoms with E-state index in [2.05, 4.69) is 15.2 Å². The molecule has 0 unspecified atom stereocenters. The molecule has 27 heavy (non-hydrogen) atoms. The Labute approximate surface area is 152 Å². The smallest absolute Gasteiger partial charge is 0.420 e. The molecule has 0 radical (unpaired) electrons. The van der Waals surface area contributed by atoms with Crippen molar-refractivity contribution in [1.82, 2.24) is 15.1 Å². The second kappa shape index (κ2) is 8.19. The summed E-state index contributed by atoms with van der Waals surface area (Å²) in [4.78, 5) is 23.2. The molecular formula is C17H17F4N3O3. The summed E-state index contributed by atoms with van der Waals surface area (Å²) in [5, 5.41) is 6.07. The average Bonchev–Trinajstić information content (AvgIpc) is 3.05. The van der Waals surface area contributed by atoms with Crippen LogP contribution < -0.4 is 5.32 Å². The fraction of sp³-hybridized carbons (Fsp3) is 0.353. The quantitative estimate of drug-likeness (QED) is 0.611. The highest BCUT2D eigenvalue weighted by Crippen LogP contribution is 2.37. The lowest BCUT2D eigenvalue weighted by molar-refractivity contribution is -0.140. The molecule has 1 amide bonds. The SMILES string of the molecule is CCn1ncc(C(F)(F)F)c1-c1cc(F)cc(C(=O)NCCC(=O)OC)c1. The number of hydrogen-bond donors (Lipinski definition) is 1. The van der Waals surface area contributed by atoms with E-state index in [4.69, 9.17) is 0 Å². The number of carbonyl (C=O) groups excluding carboxylic acids is 2. The van der Waals surface area contributed by atoms with E-state index >= 15 is 0 Å². The summed E-state index contributed by atoms with van der Waals surface area (Å²) in [5.41, 5.74) is -1.65. The van der Waals surface area contributed by atoms with E-state index in [-0.39, 0.29) is 36.3 Å². The number of alkyl halides is 3. The summed E-state index contributed by atoms with van der Waals surface area (Å²) in [5.74, 6) is -2.14. The zero-order valence-electron chi connectivity index (χ0n) is 14.6. The molecule has 0 bridgehead atoms. The molecule has 0 atom stereocenters. The predicted octanol–water partition coefficient (Wildman–Crippen LogP) is 3.02. The number of nitrogens with zero attached hydrogens (tertiary/aromatic N) is 2. The minimum absolute atomic E-state index is 0.0575. The number of hydrogen-bond acceptors (Lipinski definition) is 4. The third-order valence-electron chi connectivity index (χ3n) is 3.72. The summed E-state index contributed by atoms with van der Waals surface area (Å²) in [7, 11) is 1.19. The number of nitrogens with one attached hydrogen (secondary N) is 1. The standard InChI is InChI=1S/C17H17F4N3O3/c1-3-24-15(13(9-23-24)17(19,20)21)10-6-11(8-12(18)7-10)16(26)22-5-4-14(25)27-2/h6-9H,3-5H2,1-2H3,(H,22,26). The number of aryl methyl sites for hydroxylation is 1. The van der Waals surface area contributed by atoms with Gasteiger partial charge in [0.15, 0.2) is 0 Å². The Balaban J connectivity index is 2.37. The zero-order chi connectivity index (χ0) is 20.2. The van der Waals surface area contributed by atoms with Crippen LogP contribution in [0.5, 0.6) is 0 Å². The maximum Gasteiger partial charge on any atom is 0.420 e. The van der Waals surface area contributed by atoms with Gasteiger partial charge in [0.1, 0.15) is 11.4 Å². The van der Waals surface area contributed by atoms with E-state index < -0.39 is 29.4 Å². The Bertz CT molecular complexity index is 846. The molecule has 0 saturated carbocycles. The summed E-state index contributed by atoms with van der Waals surface area (Å²) in [6.45, 7) is 1.66. The number of amides is 1. The van der Waals surface area contributed by atoms with Crippen LogP contribution in [0.3, 0.4) is 0 Å². The first-order chi connectivity index (χ1) is 12.7. The van der Waals surface area contributed by atoms with Crippen LogP contribution in [0.2, 0.25) is 0 Å². The van der Waals surface area contributed by atoms with Crippen molar-refractivity contribution in [3.05, 3.63) is 41.3 Å². The third kappa shape index (κ3) is 4.83. The number of esters is 1. The van der Waals surface area contributed by atoms with Gasteiger partial charge >= 0.3 is 12.1 Å². The van der Waals surface area contributed by atoms with Gasteiger partial charge in [-0.3, -0.25) is 14.3 Å². The van der Waals surface area contributed by atoms with E-state index in [9.17, 15) is 27.2 Å². The monoisotopic (exact) mass is 387 g/mol. The normalized spacial score (nSPS) is 11.3. The first-order valence-corrected chi connectivity index (χ1v) is 7.96. The van der Waals surface area contributed by atoms with Crippen LogP contribution in [0.4, 0.5) is 17.6 Å². The molecule has 2 aromatic rings. The largest absolute Gasteiger partial charge is 0.469 e. The van der Waals surface area contributed by atoms with Crippen molar-refractivity contribution in [3.63, 3.8) is 0 Å². The van der Waals surface area contributed by atoms with Crippen LogP contribution in [-0.4, -0.2) is 35.3 Å². The van der Waals surface area contributed by atoms with Crippen molar-refractivity contribution < 1.29 is 31.9 Å². The molecule has 0 fully saturated rings. The first kappa shape index (κ1) is 20.4. The number of benzene rings is 1. The molecule has 0 aliphatic heterocycles. The van der Waals surface area contributed by atoms with Crippen LogP contribution in [0.15, 0.2) is 24.4 Å². The molecule has 0 saturated heterocycles. The number of ether oxygens (including phenoxy) is 1. The van der Waals surface area contributed by atoms with Gasteiger partial charge in [0.2, 0.25) is 0 Å². The lowest BCUT2D eigenvalue weighted by atomic mass is 10.0. The molecule has 1 aromatic heterocycles. The van der Waals surface area contributed by atoms with Gasteiger partial charge in [0.25, 0.3) is 5.91 Å². The second-order valence-electron chi connectivity index (χ2n) is 5.53.